The summed E-state index contributed by atoms with van der Waals surface area (Å²) in [6.45, 7) is 0.340. The lowest BCUT2D eigenvalue weighted by atomic mass is 10.1. The Kier molecular flexibility index (Phi) is 1.68. The number of nitrogens with one attached hydrogen (secondary N) is 1. The fourth-order valence-corrected chi connectivity index (χ4v) is 0.833. The maximum absolute atomic E-state index is 10.6. The molecule has 0 aromatic heterocycles. The van der Waals surface area contributed by atoms with Crippen LogP contribution in [0.25, 0.3) is 0 Å². The summed E-state index contributed by atoms with van der Waals surface area (Å²) in [5.41, 5.74) is 5.30. The molecule has 0 bridgehead atoms. The SMILES string of the molecule is NC1CC(O)CNC1=O. The summed E-state index contributed by atoms with van der Waals surface area (Å²) in [6.07, 6.45) is -0.0797. The van der Waals surface area contributed by atoms with Crippen LogP contribution in [0.15, 0.2) is 0 Å². The van der Waals surface area contributed by atoms with Crippen molar-refractivity contribution in [1.82, 2.24) is 5.32 Å². The Morgan fingerprint density at radius 1 is 1.78 bits per heavy atom. The highest BCUT2D eigenvalue weighted by Gasteiger charge is 2.23. The van der Waals surface area contributed by atoms with Crippen LogP contribution in [0.2, 0.25) is 0 Å². The molecule has 0 spiro atoms. The van der Waals surface area contributed by atoms with Crippen molar-refractivity contribution in [3.63, 3.8) is 0 Å². The Morgan fingerprint density at radius 2 is 2.44 bits per heavy atom. The van der Waals surface area contributed by atoms with E-state index in [1.807, 2.05) is 0 Å². The number of carbonyl (C=O) groups is 1. The van der Waals surface area contributed by atoms with E-state index in [1.54, 1.807) is 0 Å². The van der Waals surface area contributed by atoms with Gasteiger partial charge in [-0.3, -0.25) is 4.79 Å². The van der Waals surface area contributed by atoms with Crippen LogP contribution in [0.1, 0.15) is 6.42 Å². The van der Waals surface area contributed by atoms with Gasteiger partial charge in [-0.1, -0.05) is 0 Å². The molecule has 9 heavy (non-hydrogen) atoms. The second-order valence-electron chi connectivity index (χ2n) is 2.24. The summed E-state index contributed by atoms with van der Waals surface area (Å²) in [6, 6.07) is -0.520. The molecular formula is C5H10N2O2. The zero-order valence-corrected chi connectivity index (χ0v) is 5.00. The van der Waals surface area contributed by atoms with Crippen LogP contribution in [-0.4, -0.2) is 29.7 Å². The van der Waals surface area contributed by atoms with Crippen molar-refractivity contribution in [1.29, 1.82) is 0 Å². The minimum atomic E-state index is -0.520. The molecule has 0 radical (unpaired) electrons. The molecule has 2 atom stereocenters. The zero-order valence-electron chi connectivity index (χ0n) is 5.00. The van der Waals surface area contributed by atoms with E-state index in [2.05, 4.69) is 5.32 Å². The molecule has 1 saturated heterocycles. The number of amides is 1. The quantitative estimate of drug-likeness (QED) is 0.362. The first-order valence-electron chi connectivity index (χ1n) is 2.91. The third-order valence-corrected chi connectivity index (χ3v) is 1.37. The monoisotopic (exact) mass is 130 g/mol. The van der Waals surface area contributed by atoms with Gasteiger partial charge in [-0.25, -0.2) is 0 Å². The number of aliphatic hydroxyl groups is 1. The molecule has 2 unspecified atom stereocenters. The predicted molar refractivity (Wildman–Crippen MR) is 31.6 cm³/mol. The van der Waals surface area contributed by atoms with E-state index in [0.717, 1.165) is 0 Å². The van der Waals surface area contributed by atoms with Gasteiger partial charge in [-0.05, 0) is 6.42 Å². The Morgan fingerprint density at radius 3 is 2.89 bits per heavy atom. The van der Waals surface area contributed by atoms with Gasteiger partial charge in [0, 0.05) is 6.54 Å². The van der Waals surface area contributed by atoms with Gasteiger partial charge in [0.25, 0.3) is 0 Å². The summed E-state index contributed by atoms with van der Waals surface area (Å²) in [4.78, 5) is 10.6. The summed E-state index contributed by atoms with van der Waals surface area (Å²) in [7, 11) is 0. The highest BCUT2D eigenvalue weighted by Crippen LogP contribution is 2.00. The van der Waals surface area contributed by atoms with Crippen LogP contribution in [0.5, 0.6) is 0 Å². The Labute approximate surface area is 53.0 Å². The van der Waals surface area contributed by atoms with E-state index in [4.69, 9.17) is 10.8 Å². The second-order valence-corrected chi connectivity index (χ2v) is 2.24. The Hall–Kier alpha value is -0.610. The number of aliphatic hydroxyl groups excluding tert-OH is 1. The molecule has 4 heteroatoms. The van der Waals surface area contributed by atoms with Crippen LogP contribution in [0.3, 0.4) is 0 Å². The Bertz CT molecular complexity index is 126. The number of nitrogens with two attached hydrogens (primary N) is 1. The van der Waals surface area contributed by atoms with E-state index in [-0.39, 0.29) is 5.91 Å². The summed E-state index contributed by atoms with van der Waals surface area (Å²) >= 11 is 0. The summed E-state index contributed by atoms with van der Waals surface area (Å²) < 4.78 is 0. The first-order chi connectivity index (χ1) is 4.20. The highest BCUT2D eigenvalue weighted by atomic mass is 16.3. The lowest BCUT2D eigenvalue weighted by molar-refractivity contribution is -0.125. The van der Waals surface area contributed by atoms with Crippen molar-refractivity contribution in [3.05, 3.63) is 0 Å². The van der Waals surface area contributed by atoms with Gasteiger partial charge in [0.05, 0.1) is 12.1 Å². The van der Waals surface area contributed by atoms with E-state index in [9.17, 15) is 4.79 Å². The van der Waals surface area contributed by atoms with Gasteiger partial charge in [0.1, 0.15) is 0 Å². The summed E-state index contributed by atoms with van der Waals surface area (Å²) in [5.74, 6) is -0.166. The van der Waals surface area contributed by atoms with Crippen LogP contribution >= 0.6 is 0 Å². The molecule has 0 aliphatic carbocycles. The molecule has 0 aromatic carbocycles. The molecular weight excluding hydrogens is 120 g/mol. The third-order valence-electron chi connectivity index (χ3n) is 1.37. The number of hydrogen-bond donors (Lipinski definition) is 3. The third kappa shape index (κ3) is 1.40. The molecule has 1 heterocycles. The minimum absolute atomic E-state index is 0.166. The van der Waals surface area contributed by atoms with Crippen molar-refractivity contribution in [2.75, 3.05) is 6.54 Å². The van der Waals surface area contributed by atoms with Gasteiger partial charge in [0.15, 0.2) is 0 Å². The van der Waals surface area contributed by atoms with Crippen LogP contribution < -0.4 is 11.1 Å². The maximum Gasteiger partial charge on any atom is 0.237 e. The van der Waals surface area contributed by atoms with E-state index < -0.39 is 12.1 Å². The van der Waals surface area contributed by atoms with Crippen molar-refractivity contribution in [2.45, 2.75) is 18.6 Å². The minimum Gasteiger partial charge on any atom is -0.391 e. The largest absolute Gasteiger partial charge is 0.391 e. The molecule has 1 aliphatic heterocycles. The average Bonchev–Trinajstić information content (AvgIpc) is 1.80. The second kappa shape index (κ2) is 2.33. The first-order valence-corrected chi connectivity index (χ1v) is 2.91. The maximum atomic E-state index is 10.6. The van der Waals surface area contributed by atoms with Crippen molar-refractivity contribution in [2.24, 2.45) is 5.73 Å². The number of hydrogen-bond acceptors (Lipinski definition) is 3. The zero-order chi connectivity index (χ0) is 6.85. The van der Waals surface area contributed by atoms with Crippen molar-refractivity contribution < 1.29 is 9.90 Å². The molecule has 52 valence electrons. The van der Waals surface area contributed by atoms with Crippen LogP contribution in [-0.2, 0) is 4.79 Å². The highest BCUT2D eigenvalue weighted by molar-refractivity contribution is 5.82. The number of carbonyl (C=O) groups excluding carboxylic acids is 1. The van der Waals surface area contributed by atoms with Gasteiger partial charge < -0.3 is 16.2 Å². The standard InChI is InChI=1S/C5H10N2O2/c6-4-1-3(8)2-7-5(4)9/h3-4,8H,1-2,6H2,(H,7,9). The lowest BCUT2D eigenvalue weighted by Crippen LogP contribution is -2.51. The van der Waals surface area contributed by atoms with E-state index in [1.165, 1.54) is 0 Å². The van der Waals surface area contributed by atoms with Gasteiger partial charge in [-0.2, -0.15) is 0 Å². The van der Waals surface area contributed by atoms with E-state index >= 15 is 0 Å². The molecule has 4 N–H and O–H groups in total. The lowest BCUT2D eigenvalue weighted by Gasteiger charge is -2.22. The van der Waals surface area contributed by atoms with Crippen LogP contribution in [0.4, 0.5) is 0 Å². The number of rotatable bonds is 0. The van der Waals surface area contributed by atoms with Gasteiger partial charge >= 0.3 is 0 Å². The van der Waals surface area contributed by atoms with E-state index in [0.29, 0.717) is 13.0 Å². The first kappa shape index (κ1) is 6.51. The summed E-state index contributed by atoms with van der Waals surface area (Å²) in [5, 5.41) is 11.4. The molecule has 1 rings (SSSR count). The van der Waals surface area contributed by atoms with Crippen molar-refractivity contribution in [3.8, 4) is 0 Å². The molecule has 1 fully saturated rings. The fraction of sp³-hybridized carbons (Fsp3) is 0.800. The predicted octanol–water partition coefficient (Wildman–Crippen LogP) is -1.81. The smallest absolute Gasteiger partial charge is 0.237 e. The normalized spacial score (nSPS) is 36.0. The van der Waals surface area contributed by atoms with Crippen molar-refractivity contribution >= 4 is 5.91 Å². The molecule has 1 aliphatic rings. The molecule has 1 amide bonds. The topological polar surface area (TPSA) is 75.3 Å². The number of β-amino-alcohol motifs (C(OH)–C–C–N with tert-alkyl or cyclic N) is 1. The Balaban J connectivity index is 2.44. The number of piperidine rings is 1. The van der Waals surface area contributed by atoms with Gasteiger partial charge in [0.2, 0.25) is 5.91 Å². The molecule has 4 nitrogen and oxygen atoms in total. The fourth-order valence-electron chi connectivity index (χ4n) is 0.833. The average molecular weight is 130 g/mol. The molecule has 0 aromatic rings. The van der Waals surface area contributed by atoms with Crippen LogP contribution in [0, 0.1) is 0 Å². The van der Waals surface area contributed by atoms with Gasteiger partial charge in [-0.15, -0.1) is 0 Å². The molecule has 0 saturated carbocycles.